The maximum atomic E-state index is 14.5. The molecule has 1 saturated carbocycles. The maximum Gasteiger partial charge on any atom is 0.314 e. The second-order valence-electron chi connectivity index (χ2n) is 5.45. The third-order valence-electron chi connectivity index (χ3n) is 4.40. The molecule has 0 amide bonds. The quantitative estimate of drug-likeness (QED) is 0.929. The Morgan fingerprint density at radius 2 is 2.05 bits per heavy atom. The zero-order valence-corrected chi connectivity index (χ0v) is 11.8. The fourth-order valence-electron chi connectivity index (χ4n) is 3.29. The average molecular weight is 296 g/mol. The molecule has 1 heterocycles. The summed E-state index contributed by atoms with van der Waals surface area (Å²) in [5.41, 5.74) is -0.773. The number of methoxy groups -OCH3 is 1. The van der Waals surface area contributed by atoms with Crippen molar-refractivity contribution in [1.82, 2.24) is 0 Å². The van der Waals surface area contributed by atoms with Crippen LogP contribution in [0.1, 0.15) is 37.7 Å². The highest BCUT2D eigenvalue weighted by molar-refractivity contribution is 5.83. The molecule has 0 bridgehead atoms. The molecular weight excluding hydrogens is 279 g/mol. The van der Waals surface area contributed by atoms with Gasteiger partial charge in [-0.3, -0.25) is 4.79 Å². The Labute approximate surface area is 121 Å². The number of rotatable bonds is 3. The Morgan fingerprint density at radius 3 is 2.67 bits per heavy atom. The standard InChI is InChI=1S/C15H17FO5/c1-19-12-9(7-10-13(11(12)16)21-8-20-10)15(14(17)18)5-3-2-4-6-15/h7H,2-6,8H2,1H3,(H,17,18). The molecule has 3 rings (SSSR count). The van der Waals surface area contributed by atoms with Crippen LogP contribution in [0.5, 0.6) is 17.2 Å². The molecule has 1 aliphatic carbocycles. The first kappa shape index (κ1) is 14.0. The normalized spacial score (nSPS) is 19.3. The lowest BCUT2D eigenvalue weighted by molar-refractivity contribution is -0.145. The van der Waals surface area contributed by atoms with Gasteiger partial charge in [-0.15, -0.1) is 0 Å². The van der Waals surface area contributed by atoms with Gasteiger partial charge in [-0.25, -0.2) is 0 Å². The number of ether oxygens (including phenoxy) is 3. The molecule has 0 radical (unpaired) electrons. The van der Waals surface area contributed by atoms with E-state index in [0.717, 1.165) is 19.3 Å². The summed E-state index contributed by atoms with van der Waals surface area (Å²) in [4.78, 5) is 11.9. The van der Waals surface area contributed by atoms with Gasteiger partial charge in [0.05, 0.1) is 12.5 Å². The van der Waals surface area contributed by atoms with Gasteiger partial charge < -0.3 is 19.3 Å². The van der Waals surface area contributed by atoms with E-state index < -0.39 is 17.2 Å². The number of aliphatic carboxylic acids is 1. The minimum absolute atomic E-state index is 0.00746. The molecule has 2 aliphatic rings. The molecule has 21 heavy (non-hydrogen) atoms. The van der Waals surface area contributed by atoms with E-state index in [0.29, 0.717) is 18.4 Å². The number of carbonyl (C=O) groups is 1. The van der Waals surface area contributed by atoms with Crippen LogP contribution in [0.2, 0.25) is 0 Å². The van der Waals surface area contributed by atoms with Crippen LogP contribution in [-0.4, -0.2) is 25.0 Å². The summed E-state index contributed by atoms with van der Waals surface area (Å²) in [6, 6.07) is 1.56. The van der Waals surface area contributed by atoms with Crippen LogP contribution in [0.15, 0.2) is 6.07 Å². The van der Waals surface area contributed by atoms with Crippen molar-refractivity contribution >= 4 is 5.97 Å². The number of carboxylic acids is 1. The highest BCUT2D eigenvalue weighted by Crippen LogP contribution is 2.50. The summed E-state index contributed by atoms with van der Waals surface area (Å²) in [7, 11) is 1.34. The third-order valence-corrected chi connectivity index (χ3v) is 4.40. The fraction of sp³-hybridized carbons (Fsp3) is 0.533. The SMILES string of the molecule is COc1c(C2(C(=O)O)CCCCC2)cc2c(c1F)OCO2. The van der Waals surface area contributed by atoms with Crippen LogP contribution >= 0.6 is 0 Å². The lowest BCUT2D eigenvalue weighted by Gasteiger charge is -2.34. The largest absolute Gasteiger partial charge is 0.493 e. The summed E-state index contributed by atoms with van der Waals surface area (Å²) in [6.45, 7) is -0.0705. The Kier molecular flexibility index (Phi) is 3.39. The molecule has 114 valence electrons. The molecule has 0 unspecified atom stereocenters. The number of benzene rings is 1. The van der Waals surface area contributed by atoms with E-state index in [-0.39, 0.29) is 24.0 Å². The molecule has 1 N–H and O–H groups in total. The van der Waals surface area contributed by atoms with Crippen molar-refractivity contribution in [2.75, 3.05) is 13.9 Å². The lowest BCUT2D eigenvalue weighted by atomic mass is 9.69. The molecule has 1 fully saturated rings. The van der Waals surface area contributed by atoms with Crippen LogP contribution in [0.25, 0.3) is 0 Å². The van der Waals surface area contributed by atoms with E-state index in [9.17, 15) is 14.3 Å². The van der Waals surface area contributed by atoms with Crippen LogP contribution in [-0.2, 0) is 10.2 Å². The lowest BCUT2D eigenvalue weighted by Crippen LogP contribution is -2.38. The second kappa shape index (κ2) is 5.09. The van der Waals surface area contributed by atoms with Crippen molar-refractivity contribution < 1.29 is 28.5 Å². The molecule has 0 saturated heterocycles. The highest BCUT2D eigenvalue weighted by atomic mass is 19.1. The fourth-order valence-corrected chi connectivity index (χ4v) is 3.29. The monoisotopic (exact) mass is 296 g/mol. The minimum Gasteiger partial charge on any atom is -0.493 e. The van der Waals surface area contributed by atoms with Crippen molar-refractivity contribution in [1.29, 1.82) is 0 Å². The van der Waals surface area contributed by atoms with Gasteiger partial charge in [0.2, 0.25) is 18.4 Å². The van der Waals surface area contributed by atoms with Crippen molar-refractivity contribution in [2.45, 2.75) is 37.5 Å². The van der Waals surface area contributed by atoms with Gasteiger partial charge in [-0.1, -0.05) is 19.3 Å². The molecule has 1 aromatic rings. The van der Waals surface area contributed by atoms with Gasteiger partial charge in [0.15, 0.2) is 11.5 Å². The molecular formula is C15H17FO5. The third kappa shape index (κ3) is 2.01. The summed E-state index contributed by atoms with van der Waals surface area (Å²) in [6.07, 6.45) is 3.52. The van der Waals surface area contributed by atoms with E-state index in [1.54, 1.807) is 6.07 Å². The molecule has 0 spiro atoms. The predicted octanol–water partition coefficient (Wildman–Crippen LogP) is 2.85. The van der Waals surface area contributed by atoms with E-state index in [1.165, 1.54) is 7.11 Å². The summed E-state index contributed by atoms with van der Waals surface area (Å²) in [5, 5.41) is 9.75. The zero-order chi connectivity index (χ0) is 15.0. The van der Waals surface area contributed by atoms with Crippen LogP contribution in [0.4, 0.5) is 4.39 Å². The summed E-state index contributed by atoms with van der Waals surface area (Å²) >= 11 is 0. The highest BCUT2D eigenvalue weighted by Gasteiger charge is 2.45. The van der Waals surface area contributed by atoms with Crippen molar-refractivity contribution in [2.24, 2.45) is 0 Å². The minimum atomic E-state index is -1.12. The van der Waals surface area contributed by atoms with Gasteiger partial charge in [0.1, 0.15) is 0 Å². The smallest absolute Gasteiger partial charge is 0.314 e. The number of carboxylic acid groups (broad SMARTS) is 1. The van der Waals surface area contributed by atoms with E-state index in [2.05, 4.69) is 0 Å². The second-order valence-corrected chi connectivity index (χ2v) is 5.45. The topological polar surface area (TPSA) is 65.0 Å². The van der Waals surface area contributed by atoms with Crippen molar-refractivity contribution in [3.8, 4) is 17.2 Å². The molecule has 5 nitrogen and oxygen atoms in total. The van der Waals surface area contributed by atoms with Crippen LogP contribution in [0, 0.1) is 5.82 Å². The first-order valence-electron chi connectivity index (χ1n) is 7.00. The maximum absolute atomic E-state index is 14.5. The molecule has 0 atom stereocenters. The van der Waals surface area contributed by atoms with E-state index in [1.807, 2.05) is 0 Å². The Hall–Kier alpha value is -1.98. The summed E-state index contributed by atoms with van der Waals surface area (Å²) in [5.74, 6) is -1.45. The molecule has 0 aromatic heterocycles. The number of hydrogen-bond acceptors (Lipinski definition) is 4. The molecule has 1 aromatic carbocycles. The Morgan fingerprint density at radius 1 is 1.33 bits per heavy atom. The number of hydrogen-bond donors (Lipinski definition) is 1. The van der Waals surface area contributed by atoms with Gasteiger partial charge in [-0.2, -0.15) is 4.39 Å². The van der Waals surface area contributed by atoms with Gasteiger partial charge in [0.25, 0.3) is 0 Å². The number of fused-ring (bicyclic) bond motifs is 1. The van der Waals surface area contributed by atoms with E-state index in [4.69, 9.17) is 14.2 Å². The van der Waals surface area contributed by atoms with Crippen molar-refractivity contribution in [3.05, 3.63) is 17.4 Å². The Bertz CT molecular complexity index is 578. The summed E-state index contributed by atoms with van der Waals surface area (Å²) < 4.78 is 30.0. The first-order chi connectivity index (χ1) is 10.1. The van der Waals surface area contributed by atoms with Crippen LogP contribution in [0.3, 0.4) is 0 Å². The zero-order valence-electron chi connectivity index (χ0n) is 11.8. The first-order valence-corrected chi connectivity index (χ1v) is 7.00. The van der Waals surface area contributed by atoms with Crippen molar-refractivity contribution in [3.63, 3.8) is 0 Å². The Balaban J connectivity index is 2.20. The average Bonchev–Trinajstić information content (AvgIpc) is 2.96. The van der Waals surface area contributed by atoms with Gasteiger partial charge in [0, 0.05) is 5.56 Å². The number of halogens is 1. The van der Waals surface area contributed by atoms with Gasteiger partial charge in [-0.05, 0) is 18.9 Å². The van der Waals surface area contributed by atoms with Crippen LogP contribution < -0.4 is 14.2 Å². The van der Waals surface area contributed by atoms with E-state index >= 15 is 0 Å². The molecule has 1 aliphatic heterocycles. The predicted molar refractivity (Wildman–Crippen MR) is 71.5 cm³/mol. The molecule has 6 heteroatoms. The van der Waals surface area contributed by atoms with Gasteiger partial charge >= 0.3 is 5.97 Å².